The van der Waals surface area contributed by atoms with E-state index in [1.807, 2.05) is 24.3 Å². The third-order valence-electron chi connectivity index (χ3n) is 3.02. The molecule has 0 fully saturated rings. The van der Waals surface area contributed by atoms with Gasteiger partial charge in [0.25, 0.3) is 0 Å². The molecule has 19 heavy (non-hydrogen) atoms. The number of hydrogen-bond acceptors (Lipinski definition) is 4. The summed E-state index contributed by atoms with van der Waals surface area (Å²) in [5.41, 5.74) is 1.22. The van der Waals surface area contributed by atoms with Crippen LogP contribution in [0.2, 0.25) is 0 Å². The SMILES string of the molecule is CCN(CC)c1ccnc(NCc2ccccc2)n1. The van der Waals surface area contributed by atoms with Crippen molar-refractivity contribution in [1.29, 1.82) is 0 Å². The molecule has 0 saturated carbocycles. The molecule has 0 bridgehead atoms. The fourth-order valence-electron chi connectivity index (χ4n) is 1.94. The van der Waals surface area contributed by atoms with Gasteiger partial charge < -0.3 is 10.2 Å². The van der Waals surface area contributed by atoms with E-state index in [2.05, 4.69) is 46.2 Å². The molecule has 0 atom stereocenters. The van der Waals surface area contributed by atoms with Crippen LogP contribution in [0, 0.1) is 0 Å². The summed E-state index contributed by atoms with van der Waals surface area (Å²) in [6.45, 7) is 6.89. The van der Waals surface area contributed by atoms with Crippen molar-refractivity contribution in [3.63, 3.8) is 0 Å². The van der Waals surface area contributed by atoms with E-state index in [-0.39, 0.29) is 0 Å². The Balaban J connectivity index is 2.03. The number of hydrogen-bond donors (Lipinski definition) is 1. The Morgan fingerprint density at radius 2 is 1.79 bits per heavy atom. The van der Waals surface area contributed by atoms with E-state index in [0.717, 1.165) is 25.5 Å². The van der Waals surface area contributed by atoms with Crippen molar-refractivity contribution in [2.45, 2.75) is 20.4 Å². The third kappa shape index (κ3) is 3.68. The first kappa shape index (κ1) is 13.3. The van der Waals surface area contributed by atoms with Crippen LogP contribution in [0.5, 0.6) is 0 Å². The van der Waals surface area contributed by atoms with E-state index >= 15 is 0 Å². The summed E-state index contributed by atoms with van der Waals surface area (Å²) in [7, 11) is 0. The fraction of sp³-hybridized carbons (Fsp3) is 0.333. The Labute approximate surface area is 114 Å². The molecular formula is C15H20N4. The first-order valence-electron chi connectivity index (χ1n) is 6.69. The first-order valence-corrected chi connectivity index (χ1v) is 6.69. The molecule has 0 aliphatic carbocycles. The molecule has 1 aromatic heterocycles. The molecule has 1 N–H and O–H groups in total. The van der Waals surface area contributed by atoms with Gasteiger partial charge in [0, 0.05) is 25.8 Å². The van der Waals surface area contributed by atoms with Gasteiger partial charge in [0.15, 0.2) is 0 Å². The highest BCUT2D eigenvalue weighted by atomic mass is 15.2. The number of rotatable bonds is 6. The van der Waals surface area contributed by atoms with Gasteiger partial charge in [0.1, 0.15) is 5.82 Å². The number of aromatic nitrogens is 2. The lowest BCUT2D eigenvalue weighted by Crippen LogP contribution is -2.23. The lowest BCUT2D eigenvalue weighted by molar-refractivity contribution is 0.841. The lowest BCUT2D eigenvalue weighted by Gasteiger charge is -2.19. The second-order valence-corrected chi connectivity index (χ2v) is 4.25. The zero-order chi connectivity index (χ0) is 13.5. The Morgan fingerprint density at radius 3 is 2.47 bits per heavy atom. The predicted molar refractivity (Wildman–Crippen MR) is 79.4 cm³/mol. The maximum atomic E-state index is 4.53. The van der Waals surface area contributed by atoms with Crippen molar-refractivity contribution in [2.24, 2.45) is 0 Å². The second kappa shape index (κ2) is 6.73. The maximum absolute atomic E-state index is 4.53. The minimum Gasteiger partial charge on any atom is -0.357 e. The van der Waals surface area contributed by atoms with E-state index < -0.39 is 0 Å². The summed E-state index contributed by atoms with van der Waals surface area (Å²) >= 11 is 0. The van der Waals surface area contributed by atoms with Crippen molar-refractivity contribution in [3.8, 4) is 0 Å². The van der Waals surface area contributed by atoms with Crippen molar-refractivity contribution >= 4 is 11.8 Å². The summed E-state index contributed by atoms with van der Waals surface area (Å²) in [6, 6.07) is 12.2. The third-order valence-corrected chi connectivity index (χ3v) is 3.02. The van der Waals surface area contributed by atoms with Crippen molar-refractivity contribution < 1.29 is 0 Å². The van der Waals surface area contributed by atoms with Crippen LogP contribution in [0.15, 0.2) is 42.6 Å². The summed E-state index contributed by atoms with van der Waals surface area (Å²) in [5, 5.41) is 3.26. The van der Waals surface area contributed by atoms with Gasteiger partial charge in [0.05, 0.1) is 0 Å². The number of nitrogens with zero attached hydrogens (tertiary/aromatic N) is 3. The van der Waals surface area contributed by atoms with Gasteiger partial charge in [-0.25, -0.2) is 4.98 Å². The number of anilines is 2. The van der Waals surface area contributed by atoms with E-state index in [1.165, 1.54) is 5.56 Å². The van der Waals surface area contributed by atoms with Crippen LogP contribution in [0.3, 0.4) is 0 Å². The smallest absolute Gasteiger partial charge is 0.224 e. The standard InChI is InChI=1S/C15H20N4/c1-3-19(4-2)14-10-11-16-15(18-14)17-12-13-8-6-5-7-9-13/h5-11H,3-4,12H2,1-2H3,(H,16,17,18). The lowest BCUT2D eigenvalue weighted by atomic mass is 10.2. The van der Waals surface area contributed by atoms with Gasteiger partial charge in [-0.05, 0) is 25.5 Å². The molecule has 0 spiro atoms. The average molecular weight is 256 g/mol. The molecule has 2 rings (SSSR count). The normalized spacial score (nSPS) is 10.2. The Kier molecular flexibility index (Phi) is 4.72. The molecule has 1 aromatic carbocycles. The zero-order valence-corrected chi connectivity index (χ0v) is 11.5. The van der Waals surface area contributed by atoms with Crippen LogP contribution in [0.25, 0.3) is 0 Å². The predicted octanol–water partition coefficient (Wildman–Crippen LogP) is 2.93. The van der Waals surface area contributed by atoms with E-state index in [9.17, 15) is 0 Å². The molecule has 100 valence electrons. The molecule has 0 amide bonds. The van der Waals surface area contributed by atoms with Crippen LogP contribution in [0.1, 0.15) is 19.4 Å². The Bertz CT molecular complexity index is 495. The van der Waals surface area contributed by atoms with Gasteiger partial charge in [-0.1, -0.05) is 30.3 Å². The zero-order valence-electron chi connectivity index (χ0n) is 11.5. The van der Waals surface area contributed by atoms with Crippen molar-refractivity contribution in [1.82, 2.24) is 9.97 Å². The highest BCUT2D eigenvalue weighted by Gasteiger charge is 2.04. The number of nitrogens with one attached hydrogen (secondary N) is 1. The molecule has 0 aliphatic rings. The summed E-state index contributed by atoms with van der Waals surface area (Å²) in [4.78, 5) is 11.0. The van der Waals surface area contributed by atoms with Crippen LogP contribution >= 0.6 is 0 Å². The molecule has 0 unspecified atom stereocenters. The van der Waals surface area contributed by atoms with Gasteiger partial charge in [0.2, 0.25) is 5.95 Å². The van der Waals surface area contributed by atoms with Crippen LogP contribution in [-0.4, -0.2) is 23.1 Å². The Morgan fingerprint density at radius 1 is 1.05 bits per heavy atom. The molecule has 0 radical (unpaired) electrons. The Hall–Kier alpha value is -2.10. The van der Waals surface area contributed by atoms with Crippen LogP contribution in [-0.2, 0) is 6.54 Å². The van der Waals surface area contributed by atoms with Crippen LogP contribution in [0.4, 0.5) is 11.8 Å². The van der Waals surface area contributed by atoms with Crippen molar-refractivity contribution in [3.05, 3.63) is 48.2 Å². The van der Waals surface area contributed by atoms with Gasteiger partial charge >= 0.3 is 0 Å². The monoisotopic (exact) mass is 256 g/mol. The van der Waals surface area contributed by atoms with Gasteiger partial charge in [-0.2, -0.15) is 4.98 Å². The van der Waals surface area contributed by atoms with Crippen LogP contribution < -0.4 is 10.2 Å². The largest absolute Gasteiger partial charge is 0.357 e. The quantitative estimate of drug-likeness (QED) is 0.862. The molecule has 2 aromatic rings. The van der Waals surface area contributed by atoms with E-state index in [1.54, 1.807) is 6.20 Å². The van der Waals surface area contributed by atoms with Gasteiger partial charge in [-0.15, -0.1) is 0 Å². The number of benzene rings is 1. The fourth-order valence-corrected chi connectivity index (χ4v) is 1.94. The topological polar surface area (TPSA) is 41.1 Å². The van der Waals surface area contributed by atoms with Gasteiger partial charge in [-0.3, -0.25) is 0 Å². The molecule has 0 saturated heterocycles. The maximum Gasteiger partial charge on any atom is 0.224 e. The molecular weight excluding hydrogens is 236 g/mol. The molecule has 4 nitrogen and oxygen atoms in total. The first-order chi connectivity index (χ1) is 9.33. The molecule has 0 aliphatic heterocycles. The minimum atomic E-state index is 0.674. The summed E-state index contributed by atoms with van der Waals surface area (Å²) < 4.78 is 0. The van der Waals surface area contributed by atoms with E-state index in [0.29, 0.717) is 5.95 Å². The minimum absolute atomic E-state index is 0.674. The average Bonchev–Trinajstić information content (AvgIpc) is 2.48. The molecule has 1 heterocycles. The van der Waals surface area contributed by atoms with Crippen molar-refractivity contribution in [2.75, 3.05) is 23.3 Å². The summed E-state index contributed by atoms with van der Waals surface area (Å²) in [5.74, 6) is 1.64. The highest BCUT2D eigenvalue weighted by molar-refractivity contribution is 5.42. The highest BCUT2D eigenvalue weighted by Crippen LogP contribution is 2.12. The second-order valence-electron chi connectivity index (χ2n) is 4.25. The summed E-state index contributed by atoms with van der Waals surface area (Å²) in [6.07, 6.45) is 1.80. The van der Waals surface area contributed by atoms with E-state index in [4.69, 9.17) is 0 Å². The molecule has 4 heteroatoms.